The molecule has 6 heteroatoms. The predicted octanol–water partition coefficient (Wildman–Crippen LogP) is 3.97. The third-order valence-electron chi connectivity index (χ3n) is 6.29. The lowest BCUT2D eigenvalue weighted by Crippen LogP contribution is -2.48. The maximum absolute atomic E-state index is 12.9. The van der Waals surface area contributed by atoms with E-state index in [-0.39, 0.29) is 11.8 Å². The lowest BCUT2D eigenvalue weighted by atomic mass is 10.1. The molecule has 0 bridgehead atoms. The highest BCUT2D eigenvalue weighted by atomic mass is 32.1. The summed E-state index contributed by atoms with van der Waals surface area (Å²) in [4.78, 5) is 31.6. The summed E-state index contributed by atoms with van der Waals surface area (Å²) in [6, 6.07) is 14.4. The fraction of sp³-hybridized carbons (Fsp3) is 0.520. The van der Waals surface area contributed by atoms with E-state index < -0.39 is 0 Å². The summed E-state index contributed by atoms with van der Waals surface area (Å²) in [7, 11) is 0. The molecule has 2 amide bonds. The lowest BCUT2D eigenvalue weighted by molar-refractivity contribution is -0.134. The minimum absolute atomic E-state index is 0.0321. The largest absolute Gasteiger partial charge is 0.351 e. The van der Waals surface area contributed by atoms with E-state index in [1.54, 1.807) is 11.3 Å². The molecule has 1 aliphatic heterocycles. The van der Waals surface area contributed by atoms with Gasteiger partial charge in [0.05, 0.1) is 4.88 Å². The quantitative estimate of drug-likeness (QED) is 0.677. The van der Waals surface area contributed by atoms with Crippen LogP contribution in [-0.2, 0) is 11.3 Å². The number of carbonyl (C=O) groups excluding carboxylic acids is 2. The Bertz CT molecular complexity index is 887. The molecular formula is C25H33N3O2S. The first-order valence-electron chi connectivity index (χ1n) is 11.4. The maximum Gasteiger partial charge on any atom is 0.261 e. The number of benzene rings is 1. The van der Waals surface area contributed by atoms with Crippen molar-refractivity contribution in [1.82, 2.24) is 15.1 Å². The van der Waals surface area contributed by atoms with Crippen molar-refractivity contribution in [2.24, 2.45) is 11.8 Å². The van der Waals surface area contributed by atoms with Crippen LogP contribution in [0.1, 0.15) is 52.7 Å². The van der Waals surface area contributed by atoms with E-state index in [1.165, 1.54) is 10.4 Å². The van der Waals surface area contributed by atoms with Crippen LogP contribution in [0, 0.1) is 11.8 Å². The summed E-state index contributed by atoms with van der Waals surface area (Å²) in [5.74, 6) is 1.52. The van der Waals surface area contributed by atoms with Gasteiger partial charge >= 0.3 is 0 Å². The Morgan fingerprint density at radius 3 is 2.52 bits per heavy atom. The number of amides is 2. The zero-order chi connectivity index (χ0) is 21.8. The summed E-state index contributed by atoms with van der Waals surface area (Å²) in [6.45, 7) is 9.28. The van der Waals surface area contributed by atoms with Crippen molar-refractivity contribution in [1.29, 1.82) is 0 Å². The van der Waals surface area contributed by atoms with Gasteiger partial charge in [0.1, 0.15) is 0 Å². The average Bonchev–Trinajstić information content (AvgIpc) is 3.45. The fourth-order valence-electron chi connectivity index (χ4n) is 4.26. The molecule has 31 heavy (non-hydrogen) atoms. The summed E-state index contributed by atoms with van der Waals surface area (Å²) in [5, 5.41) is 3.01. The van der Waals surface area contributed by atoms with Crippen LogP contribution >= 0.6 is 11.3 Å². The van der Waals surface area contributed by atoms with Gasteiger partial charge in [-0.2, -0.15) is 0 Å². The molecule has 0 spiro atoms. The number of thiophene rings is 1. The SMILES string of the molecule is CC(C)CCNC(=O)c1ccc(CN2CCN(C(=O)[C@@H]3C[C@H]3c3ccccc3)CC2)s1. The van der Waals surface area contributed by atoms with Crippen LogP contribution in [0.15, 0.2) is 42.5 Å². The first-order chi connectivity index (χ1) is 15.0. The standard InChI is InChI=1S/C25H33N3O2S/c1-18(2)10-11-26-24(29)23-9-8-20(31-23)17-27-12-14-28(15-13-27)25(30)22-16-21(22)19-6-4-3-5-7-19/h3-9,18,21-22H,10-17H2,1-2H3,(H,26,29)/t21-,22+/m0/s1. The van der Waals surface area contributed by atoms with Gasteiger partial charge in [-0.3, -0.25) is 14.5 Å². The normalized spacial score (nSPS) is 21.3. The molecule has 0 radical (unpaired) electrons. The number of hydrogen-bond acceptors (Lipinski definition) is 4. The molecule has 2 fully saturated rings. The zero-order valence-electron chi connectivity index (χ0n) is 18.5. The Morgan fingerprint density at radius 2 is 1.81 bits per heavy atom. The van der Waals surface area contributed by atoms with E-state index in [0.29, 0.717) is 17.7 Å². The molecule has 1 saturated heterocycles. The van der Waals surface area contributed by atoms with Gasteiger partial charge in [0.25, 0.3) is 5.91 Å². The highest BCUT2D eigenvalue weighted by Gasteiger charge is 2.45. The second kappa shape index (κ2) is 9.96. The number of piperazine rings is 1. The molecule has 2 aliphatic rings. The van der Waals surface area contributed by atoms with E-state index in [1.807, 2.05) is 17.0 Å². The molecule has 2 aromatic rings. The molecule has 1 aromatic heterocycles. The molecule has 2 heterocycles. The van der Waals surface area contributed by atoms with Gasteiger partial charge in [-0.15, -0.1) is 11.3 Å². The smallest absolute Gasteiger partial charge is 0.261 e. The van der Waals surface area contributed by atoms with Crippen molar-refractivity contribution in [2.75, 3.05) is 32.7 Å². The van der Waals surface area contributed by atoms with E-state index in [0.717, 1.165) is 57.0 Å². The number of rotatable bonds is 8. The monoisotopic (exact) mass is 439 g/mol. The van der Waals surface area contributed by atoms with Crippen LogP contribution in [0.5, 0.6) is 0 Å². The molecule has 5 nitrogen and oxygen atoms in total. The molecule has 1 aliphatic carbocycles. The topological polar surface area (TPSA) is 52.7 Å². The molecule has 2 atom stereocenters. The second-order valence-electron chi connectivity index (χ2n) is 9.17. The summed E-state index contributed by atoms with van der Waals surface area (Å²) in [6.07, 6.45) is 1.99. The van der Waals surface area contributed by atoms with E-state index in [4.69, 9.17) is 0 Å². The number of carbonyl (C=O) groups is 2. The van der Waals surface area contributed by atoms with Gasteiger partial charge in [-0.1, -0.05) is 44.2 Å². The van der Waals surface area contributed by atoms with Crippen LogP contribution in [-0.4, -0.2) is 54.3 Å². The summed E-state index contributed by atoms with van der Waals surface area (Å²) >= 11 is 1.58. The van der Waals surface area contributed by atoms with Gasteiger partial charge in [0.15, 0.2) is 0 Å². The van der Waals surface area contributed by atoms with Crippen LogP contribution in [0.2, 0.25) is 0 Å². The minimum Gasteiger partial charge on any atom is -0.351 e. The Hall–Kier alpha value is -2.18. The molecule has 0 unspecified atom stereocenters. The maximum atomic E-state index is 12.9. The third kappa shape index (κ3) is 5.74. The van der Waals surface area contributed by atoms with Crippen molar-refractivity contribution >= 4 is 23.2 Å². The summed E-state index contributed by atoms with van der Waals surface area (Å²) in [5.41, 5.74) is 1.29. The Labute approximate surface area is 189 Å². The second-order valence-corrected chi connectivity index (χ2v) is 10.3. The van der Waals surface area contributed by atoms with E-state index in [9.17, 15) is 9.59 Å². The molecule has 1 saturated carbocycles. The van der Waals surface area contributed by atoms with Crippen molar-refractivity contribution < 1.29 is 9.59 Å². The predicted molar refractivity (Wildman–Crippen MR) is 125 cm³/mol. The van der Waals surface area contributed by atoms with Gasteiger partial charge in [0.2, 0.25) is 5.91 Å². The molecule has 1 aromatic carbocycles. The zero-order valence-corrected chi connectivity index (χ0v) is 19.4. The van der Waals surface area contributed by atoms with Crippen molar-refractivity contribution in [3.05, 3.63) is 57.8 Å². The Kier molecular flexibility index (Phi) is 7.08. The Balaban J connectivity index is 1.21. The fourth-order valence-corrected chi connectivity index (χ4v) is 5.23. The lowest BCUT2D eigenvalue weighted by Gasteiger charge is -2.34. The van der Waals surface area contributed by atoms with Gasteiger partial charge in [-0.25, -0.2) is 0 Å². The highest BCUT2D eigenvalue weighted by molar-refractivity contribution is 7.14. The van der Waals surface area contributed by atoms with Gasteiger partial charge < -0.3 is 10.2 Å². The van der Waals surface area contributed by atoms with Crippen LogP contribution in [0.25, 0.3) is 0 Å². The number of hydrogen-bond donors (Lipinski definition) is 1. The number of nitrogens with one attached hydrogen (secondary N) is 1. The van der Waals surface area contributed by atoms with Crippen molar-refractivity contribution in [2.45, 2.75) is 39.2 Å². The van der Waals surface area contributed by atoms with Crippen molar-refractivity contribution in [3.8, 4) is 0 Å². The van der Waals surface area contributed by atoms with Crippen molar-refractivity contribution in [3.63, 3.8) is 0 Å². The van der Waals surface area contributed by atoms with Gasteiger partial charge in [-0.05, 0) is 42.4 Å². The molecule has 1 N–H and O–H groups in total. The highest BCUT2D eigenvalue weighted by Crippen LogP contribution is 2.48. The minimum atomic E-state index is 0.0321. The van der Waals surface area contributed by atoms with E-state index >= 15 is 0 Å². The van der Waals surface area contributed by atoms with Crippen LogP contribution < -0.4 is 5.32 Å². The summed E-state index contributed by atoms with van der Waals surface area (Å²) < 4.78 is 0. The first-order valence-corrected chi connectivity index (χ1v) is 12.3. The molecule has 166 valence electrons. The first kappa shape index (κ1) is 22.0. The number of nitrogens with zero attached hydrogens (tertiary/aromatic N) is 2. The molecule has 4 rings (SSSR count). The third-order valence-corrected chi connectivity index (χ3v) is 7.36. The average molecular weight is 440 g/mol. The Morgan fingerprint density at radius 1 is 1.06 bits per heavy atom. The van der Waals surface area contributed by atoms with Crippen LogP contribution in [0.4, 0.5) is 0 Å². The van der Waals surface area contributed by atoms with E-state index in [2.05, 4.69) is 54.4 Å². The molecular weight excluding hydrogens is 406 g/mol. The van der Waals surface area contributed by atoms with Crippen LogP contribution in [0.3, 0.4) is 0 Å². The van der Waals surface area contributed by atoms with Gasteiger partial charge in [0, 0.05) is 50.1 Å².